The summed E-state index contributed by atoms with van der Waals surface area (Å²) < 4.78 is 0. The zero-order valence-electron chi connectivity index (χ0n) is 15.8. The lowest BCUT2D eigenvalue weighted by molar-refractivity contribution is -0.152. The molecule has 1 amide bonds. The molecule has 30 heavy (non-hydrogen) atoms. The Balaban J connectivity index is 2.02. The predicted octanol–water partition coefficient (Wildman–Crippen LogP) is -0.329. The molecule has 0 saturated heterocycles. The molecule has 9 N–H and O–H groups in total. The molecule has 0 radical (unpaired) electrons. The summed E-state index contributed by atoms with van der Waals surface area (Å²) in [5, 5.41) is 54.1. The molecule has 10 heteroatoms. The first-order chi connectivity index (χ1) is 13.8. The highest BCUT2D eigenvalue weighted by Gasteiger charge is 2.63. The topological polar surface area (TPSA) is 204 Å². The van der Waals surface area contributed by atoms with Crippen LogP contribution in [0, 0.1) is 11.8 Å². The van der Waals surface area contributed by atoms with Crippen LogP contribution in [-0.2, 0) is 20.0 Å². The fourth-order valence-electron chi connectivity index (χ4n) is 4.93. The minimum Gasteiger partial charge on any atom is -0.508 e. The predicted molar refractivity (Wildman–Crippen MR) is 102 cm³/mol. The summed E-state index contributed by atoms with van der Waals surface area (Å²) in [6, 6.07) is 2.73. The quantitative estimate of drug-likeness (QED) is 0.182. The SMILES string of the molecule is C[C@@]1(O)c2ccc(N)c(O)c2C(O)=C2C(=O)[C@]3(O)C(O)=C(C(N)=O)C(=O)C[C@@H]3C[C@@H]21. The number of anilines is 1. The van der Waals surface area contributed by atoms with Crippen LogP contribution in [-0.4, -0.2) is 48.6 Å². The number of benzene rings is 1. The van der Waals surface area contributed by atoms with Crippen molar-refractivity contribution in [2.24, 2.45) is 17.6 Å². The van der Waals surface area contributed by atoms with Crippen molar-refractivity contribution >= 4 is 28.9 Å². The number of amides is 1. The molecule has 1 aromatic rings. The van der Waals surface area contributed by atoms with E-state index in [0.717, 1.165) is 0 Å². The summed E-state index contributed by atoms with van der Waals surface area (Å²) in [5.41, 5.74) is 4.73. The highest BCUT2D eigenvalue weighted by atomic mass is 16.3. The smallest absolute Gasteiger partial charge is 0.255 e. The van der Waals surface area contributed by atoms with E-state index in [1.807, 2.05) is 0 Å². The van der Waals surface area contributed by atoms with Crippen LogP contribution >= 0.6 is 0 Å². The number of nitrogens with two attached hydrogens (primary N) is 2. The van der Waals surface area contributed by atoms with Crippen molar-refractivity contribution < 1.29 is 39.9 Å². The lowest BCUT2D eigenvalue weighted by atomic mass is 9.56. The third-order valence-electron chi connectivity index (χ3n) is 6.53. The summed E-state index contributed by atoms with van der Waals surface area (Å²) in [7, 11) is 0. The first-order valence-electron chi connectivity index (χ1n) is 9.16. The summed E-state index contributed by atoms with van der Waals surface area (Å²) in [5.74, 6) is -8.02. The lowest BCUT2D eigenvalue weighted by Crippen LogP contribution is -2.60. The van der Waals surface area contributed by atoms with Gasteiger partial charge >= 0.3 is 0 Å². The van der Waals surface area contributed by atoms with Gasteiger partial charge in [-0.15, -0.1) is 0 Å². The molecular weight excluding hydrogens is 396 g/mol. The maximum absolute atomic E-state index is 13.4. The Morgan fingerprint density at radius 1 is 1.17 bits per heavy atom. The molecule has 0 bridgehead atoms. The monoisotopic (exact) mass is 416 g/mol. The van der Waals surface area contributed by atoms with Crippen molar-refractivity contribution in [2.75, 3.05) is 5.73 Å². The van der Waals surface area contributed by atoms with E-state index >= 15 is 0 Å². The van der Waals surface area contributed by atoms with Gasteiger partial charge in [-0.25, -0.2) is 0 Å². The molecule has 0 heterocycles. The molecule has 0 spiro atoms. The van der Waals surface area contributed by atoms with Crippen molar-refractivity contribution in [3.05, 3.63) is 40.2 Å². The molecule has 1 fully saturated rings. The average molecular weight is 416 g/mol. The molecule has 158 valence electrons. The maximum Gasteiger partial charge on any atom is 0.255 e. The van der Waals surface area contributed by atoms with Crippen LogP contribution in [0.2, 0.25) is 0 Å². The van der Waals surface area contributed by atoms with E-state index in [4.69, 9.17) is 11.5 Å². The number of carbonyl (C=O) groups excluding carboxylic acids is 3. The molecule has 10 nitrogen and oxygen atoms in total. The molecule has 3 aliphatic carbocycles. The molecule has 1 saturated carbocycles. The fraction of sp³-hybridized carbons (Fsp3) is 0.350. The van der Waals surface area contributed by atoms with Crippen molar-refractivity contribution in [1.29, 1.82) is 0 Å². The van der Waals surface area contributed by atoms with Gasteiger partial charge in [0.25, 0.3) is 5.91 Å². The Bertz CT molecular complexity index is 1120. The average Bonchev–Trinajstić information content (AvgIpc) is 2.64. The Kier molecular flexibility index (Phi) is 3.87. The third-order valence-corrected chi connectivity index (χ3v) is 6.53. The van der Waals surface area contributed by atoms with Gasteiger partial charge in [0.15, 0.2) is 11.4 Å². The number of carbonyl (C=O) groups is 3. The molecule has 4 rings (SSSR count). The number of primary amides is 1. The number of rotatable bonds is 1. The van der Waals surface area contributed by atoms with E-state index in [2.05, 4.69) is 0 Å². The van der Waals surface area contributed by atoms with E-state index < -0.39 is 75.3 Å². The van der Waals surface area contributed by atoms with Gasteiger partial charge in [0, 0.05) is 23.8 Å². The van der Waals surface area contributed by atoms with Crippen LogP contribution in [0.4, 0.5) is 5.69 Å². The van der Waals surface area contributed by atoms with Gasteiger partial charge in [0.2, 0.25) is 5.78 Å². The zero-order valence-corrected chi connectivity index (χ0v) is 15.8. The molecule has 3 aliphatic rings. The first-order valence-corrected chi connectivity index (χ1v) is 9.16. The van der Waals surface area contributed by atoms with Crippen molar-refractivity contribution in [2.45, 2.75) is 31.0 Å². The summed E-state index contributed by atoms with van der Waals surface area (Å²) in [6.07, 6.45) is -0.647. The molecule has 0 unspecified atom stereocenters. The van der Waals surface area contributed by atoms with Gasteiger partial charge < -0.3 is 37.0 Å². The number of phenols is 1. The first kappa shape index (κ1) is 19.9. The Hall–Kier alpha value is -3.37. The molecule has 0 aromatic heterocycles. The fourth-order valence-corrected chi connectivity index (χ4v) is 4.93. The minimum atomic E-state index is -2.69. The Labute approximate surface area is 169 Å². The molecule has 4 atom stereocenters. The van der Waals surface area contributed by atoms with E-state index in [1.165, 1.54) is 19.1 Å². The Morgan fingerprint density at radius 3 is 2.40 bits per heavy atom. The number of Topliss-reactive ketones (excluding diaryl/α,β-unsaturated/α-hetero) is 2. The number of aliphatic hydroxyl groups is 4. The molecule has 1 aromatic carbocycles. The number of nitrogen functional groups attached to an aromatic ring is 1. The highest BCUT2D eigenvalue weighted by molar-refractivity contribution is 6.22. The second kappa shape index (κ2) is 5.83. The van der Waals surface area contributed by atoms with E-state index in [1.54, 1.807) is 0 Å². The van der Waals surface area contributed by atoms with Gasteiger partial charge in [0.1, 0.15) is 22.8 Å². The van der Waals surface area contributed by atoms with Crippen LogP contribution < -0.4 is 11.5 Å². The molecule has 0 aliphatic heterocycles. The van der Waals surface area contributed by atoms with Crippen LogP contribution in [0.5, 0.6) is 5.75 Å². The van der Waals surface area contributed by atoms with Gasteiger partial charge in [-0.1, -0.05) is 6.07 Å². The van der Waals surface area contributed by atoms with Crippen molar-refractivity contribution in [1.82, 2.24) is 0 Å². The van der Waals surface area contributed by atoms with Gasteiger partial charge in [-0.2, -0.15) is 0 Å². The number of ketones is 2. The molecular formula is C20H20N2O8. The third kappa shape index (κ3) is 2.17. The van der Waals surface area contributed by atoms with Gasteiger partial charge in [-0.3, -0.25) is 14.4 Å². The van der Waals surface area contributed by atoms with Crippen LogP contribution in [0.1, 0.15) is 30.9 Å². The highest BCUT2D eigenvalue weighted by Crippen LogP contribution is 2.57. The maximum atomic E-state index is 13.4. The van der Waals surface area contributed by atoms with E-state index in [0.29, 0.717) is 0 Å². The number of phenolic OH excluding ortho intramolecular Hbond substituents is 1. The number of fused-ring (bicyclic) bond motifs is 3. The summed E-state index contributed by atoms with van der Waals surface area (Å²) in [4.78, 5) is 37.3. The van der Waals surface area contributed by atoms with Crippen LogP contribution in [0.3, 0.4) is 0 Å². The van der Waals surface area contributed by atoms with Gasteiger partial charge in [-0.05, 0) is 25.0 Å². The Morgan fingerprint density at radius 2 is 1.80 bits per heavy atom. The second-order valence-corrected chi connectivity index (χ2v) is 8.13. The van der Waals surface area contributed by atoms with Gasteiger partial charge in [0.05, 0.1) is 16.9 Å². The van der Waals surface area contributed by atoms with Crippen molar-refractivity contribution in [3.8, 4) is 5.75 Å². The number of aromatic hydroxyl groups is 1. The number of aliphatic hydroxyl groups excluding tert-OH is 2. The number of hydrogen-bond donors (Lipinski definition) is 7. The lowest BCUT2D eigenvalue weighted by Gasteiger charge is -2.50. The van der Waals surface area contributed by atoms with E-state index in [-0.39, 0.29) is 23.2 Å². The second-order valence-electron chi connectivity index (χ2n) is 8.13. The van der Waals surface area contributed by atoms with Crippen LogP contribution in [0.25, 0.3) is 5.76 Å². The van der Waals surface area contributed by atoms with Crippen LogP contribution in [0.15, 0.2) is 29.0 Å². The summed E-state index contributed by atoms with van der Waals surface area (Å²) in [6.45, 7) is 1.37. The van der Waals surface area contributed by atoms with Crippen molar-refractivity contribution in [3.63, 3.8) is 0 Å². The largest absolute Gasteiger partial charge is 0.508 e. The minimum absolute atomic E-state index is 0.110. The summed E-state index contributed by atoms with van der Waals surface area (Å²) >= 11 is 0. The van der Waals surface area contributed by atoms with E-state index in [9.17, 15) is 39.9 Å². The zero-order chi connectivity index (χ0) is 22.3. The number of hydrogen-bond acceptors (Lipinski definition) is 9. The normalized spacial score (nSPS) is 33.2. The standard InChI is InChI=1S/C20H20N2O8/c1-19(29)7-2-3-9(21)14(24)11(7)15(25)12-8(19)4-6-5-10(23)13(18(22)28)17(27)20(6,30)16(12)26/h2-3,6,8,24-25,27,29-30H,4-5,21H2,1H3,(H2,22,28)/t6-,8-,19+,20-/m0/s1.